The van der Waals surface area contributed by atoms with E-state index in [-0.39, 0.29) is 73.3 Å². The first kappa shape index (κ1) is 83.1. The highest BCUT2D eigenvalue weighted by atomic mass is 28.4. The van der Waals surface area contributed by atoms with Gasteiger partial charge in [0.15, 0.2) is 47.4 Å². The average molecular weight is 1440 g/mol. The van der Waals surface area contributed by atoms with Crippen LogP contribution < -0.4 is 10.4 Å². The summed E-state index contributed by atoms with van der Waals surface area (Å²) in [6.45, 7) is 73.5. The van der Waals surface area contributed by atoms with E-state index in [0.29, 0.717) is 45.1 Å². The fourth-order valence-corrected chi connectivity index (χ4v) is 24.3. The van der Waals surface area contributed by atoms with Crippen molar-refractivity contribution in [3.63, 3.8) is 0 Å². The number of hydrogen-bond donors (Lipinski definition) is 1. The van der Waals surface area contributed by atoms with Crippen LogP contribution in [0, 0.1) is 0 Å². The van der Waals surface area contributed by atoms with Gasteiger partial charge in [-0.25, -0.2) is 0 Å². The zero-order valence-corrected chi connectivity index (χ0v) is 72.1. The maximum atomic E-state index is 13.0. The number of fused-ring (bicyclic) bond motifs is 1. The molecule has 0 bridgehead atoms. The molecule has 3 fully saturated rings. The van der Waals surface area contributed by atoms with Crippen molar-refractivity contribution < 1.29 is 55.4 Å². The number of aliphatic hydroxyl groups is 1. The van der Waals surface area contributed by atoms with E-state index in [1.54, 1.807) is 6.92 Å². The first-order chi connectivity index (χ1) is 43.6. The van der Waals surface area contributed by atoms with Gasteiger partial charge in [-0.05, 0) is 158 Å². The van der Waals surface area contributed by atoms with Gasteiger partial charge in [-0.3, -0.25) is 4.79 Å². The lowest BCUT2D eigenvalue weighted by atomic mass is 9.83. The molecule has 13 atom stereocenters. The predicted octanol–water partition coefficient (Wildman–Crippen LogP) is 19.1. The van der Waals surface area contributed by atoms with Gasteiger partial charge in [0.1, 0.15) is 24.1 Å². The van der Waals surface area contributed by atoms with Crippen molar-refractivity contribution in [1.82, 2.24) is 0 Å². The second kappa shape index (κ2) is 30.9. The highest BCUT2D eigenvalue weighted by Crippen LogP contribution is 2.52. The molecule has 12 nitrogen and oxygen atoms in total. The minimum atomic E-state index is -2.70. The molecule has 18 heteroatoms. The van der Waals surface area contributed by atoms with Crippen LogP contribution in [0.25, 0.3) is 0 Å². The van der Waals surface area contributed by atoms with Crippen LogP contribution >= 0.6 is 0 Å². The van der Waals surface area contributed by atoms with E-state index in [4.69, 9.17) is 52.1 Å². The largest absolute Gasteiger partial charge is 0.411 e. The Kier molecular flexibility index (Phi) is 26.7. The molecule has 96 heavy (non-hydrogen) atoms. The average Bonchev–Trinajstić information content (AvgIpc) is 0.734. The SMILES string of the molecule is C=C(C[C@@H](O)C[C@H]1O[C@H]2[C@@H](O[C@]3(C=C(C)C[C@H](CC(C)=O)O3)C[C@H]2O[Si](C)(C)C(C)(C)C)[C@H](O[Si](C)(C)C(C)(C)C)[C@H]1O[Si](C)(C)C(C)(C)C)C[C@H]1O[C@H](C/C=C/CCO[Si](c2ccccc2)(c2ccccc2)C(C)(C)C)C[C@@H](O[Si](C)(C)C(C)(C)C)[C@@H]1O[Si](C)(C)C(C)(C)C. The zero-order chi connectivity index (χ0) is 72.6. The Balaban J connectivity index is 1.38. The van der Waals surface area contributed by atoms with Crippen LogP contribution in [0.4, 0.5) is 0 Å². The molecule has 3 saturated heterocycles. The molecule has 2 aromatic carbocycles. The van der Waals surface area contributed by atoms with Crippen LogP contribution in [0.2, 0.25) is 95.7 Å². The summed E-state index contributed by atoms with van der Waals surface area (Å²) in [6.07, 6.45) is 5.17. The van der Waals surface area contributed by atoms with Crippen LogP contribution in [-0.4, -0.2) is 146 Å². The topological polar surface area (TPSA) is 130 Å². The first-order valence-electron chi connectivity index (χ1n) is 36.6. The molecule has 546 valence electrons. The lowest BCUT2D eigenvalue weighted by molar-refractivity contribution is -0.355. The summed E-state index contributed by atoms with van der Waals surface area (Å²) in [4.78, 5) is 12.8. The quantitative estimate of drug-likeness (QED) is 0.0547. The van der Waals surface area contributed by atoms with E-state index in [9.17, 15) is 9.90 Å². The maximum Gasteiger partial charge on any atom is 0.261 e. The van der Waals surface area contributed by atoms with Crippen molar-refractivity contribution in [2.75, 3.05) is 6.61 Å². The van der Waals surface area contributed by atoms with Crippen molar-refractivity contribution in [1.29, 1.82) is 0 Å². The van der Waals surface area contributed by atoms with E-state index in [1.807, 2.05) is 0 Å². The number of benzene rings is 2. The zero-order valence-electron chi connectivity index (χ0n) is 66.1. The number of ether oxygens (including phenoxy) is 4. The Morgan fingerprint density at radius 1 is 0.573 bits per heavy atom. The van der Waals surface area contributed by atoms with Crippen molar-refractivity contribution in [3.8, 4) is 0 Å². The number of aliphatic hydroxyl groups excluding tert-OH is 1. The minimum Gasteiger partial charge on any atom is -0.411 e. The van der Waals surface area contributed by atoms with Crippen molar-refractivity contribution in [2.24, 2.45) is 0 Å². The molecule has 4 aliphatic heterocycles. The molecular weight excluding hydrogens is 1300 g/mol. The highest BCUT2D eigenvalue weighted by Gasteiger charge is 2.63. The standard InChI is InChI=1S/C78H138O12Si6/c1-55(49-63-67(88-93(26,27)74(10,11)12)65(86-91(22,23)72(4,5)6)52-59(82-63)41-35-34-40-46-81-96(77(19,20)21,61-42-36-32-37-43-61)62-44-38-33-39-45-62)47-58(80)51-64-69(89-94(28,29)75(13,14)15)71(90-95(30,31)76(16,17)18)70-68(83-64)66(87-92(24,25)73(7,8)9)54-78(85-70)53-56(2)48-60(84-78)50-57(3)79/h32-39,42-45,53,58-60,63-71,80H,1,40-41,46-52,54H2,2-31H3/b35-34+/t58-,59-,60-,63-,64-,65-,66-,67-,68-,69+,70-,71-,78-/m1/s1. The summed E-state index contributed by atoms with van der Waals surface area (Å²) in [5.74, 6) is -1.14. The van der Waals surface area contributed by atoms with Crippen molar-refractivity contribution >= 4 is 66.1 Å². The molecule has 6 rings (SSSR count). The minimum absolute atomic E-state index is 0.0419. The van der Waals surface area contributed by atoms with Gasteiger partial charge in [-0.1, -0.05) is 215 Å². The van der Waals surface area contributed by atoms with Crippen LogP contribution in [0.1, 0.15) is 196 Å². The van der Waals surface area contributed by atoms with Gasteiger partial charge in [-0.15, -0.1) is 0 Å². The molecule has 0 unspecified atom stereocenters. The van der Waals surface area contributed by atoms with E-state index in [2.05, 4.69) is 276 Å². The molecule has 0 radical (unpaired) electrons. The van der Waals surface area contributed by atoms with Gasteiger partial charge in [0, 0.05) is 32.3 Å². The Labute approximate surface area is 592 Å². The lowest BCUT2D eigenvalue weighted by Crippen LogP contribution is -2.72. The van der Waals surface area contributed by atoms with E-state index in [1.165, 1.54) is 10.4 Å². The summed E-state index contributed by atoms with van der Waals surface area (Å²) in [5.41, 5.74) is 1.99. The smallest absolute Gasteiger partial charge is 0.261 e. The van der Waals surface area contributed by atoms with E-state index in [0.717, 1.165) is 17.6 Å². The first-order valence-corrected chi connectivity index (χ1v) is 53.0. The third kappa shape index (κ3) is 20.1. The third-order valence-corrected chi connectivity index (χ3v) is 51.1. The Hall–Kier alpha value is -1.81. The van der Waals surface area contributed by atoms with Gasteiger partial charge in [0.25, 0.3) is 8.32 Å². The summed E-state index contributed by atoms with van der Waals surface area (Å²) >= 11 is 0. The molecule has 4 aliphatic rings. The van der Waals surface area contributed by atoms with Crippen LogP contribution in [0.5, 0.6) is 0 Å². The van der Waals surface area contributed by atoms with Crippen LogP contribution in [0.15, 0.2) is 96.6 Å². The molecule has 1 spiro atoms. The summed E-state index contributed by atoms with van der Waals surface area (Å²) in [5, 5.41) is 14.8. The third-order valence-electron chi connectivity index (χ3n) is 23.7. The second-order valence-electron chi connectivity index (χ2n) is 38.0. The predicted molar refractivity (Wildman–Crippen MR) is 414 cm³/mol. The van der Waals surface area contributed by atoms with Gasteiger partial charge in [0.2, 0.25) is 0 Å². The highest BCUT2D eigenvalue weighted by molar-refractivity contribution is 6.99. The number of ketones is 1. The molecule has 0 amide bonds. The summed E-state index contributed by atoms with van der Waals surface area (Å²) in [6, 6.07) is 21.7. The number of hydrogen-bond acceptors (Lipinski definition) is 12. The number of Topliss-reactive ketones (excluding diaryl/α,β-unsaturated/α-hetero) is 1. The number of rotatable bonds is 26. The molecule has 2 aromatic rings. The second-order valence-corrected chi connectivity index (χ2v) is 66.1. The van der Waals surface area contributed by atoms with Crippen molar-refractivity contribution in [2.45, 2.75) is 371 Å². The Morgan fingerprint density at radius 3 is 1.50 bits per heavy atom. The Morgan fingerprint density at radius 2 is 1.03 bits per heavy atom. The van der Waals surface area contributed by atoms with E-state index < -0.39 is 105 Å². The van der Waals surface area contributed by atoms with Crippen LogP contribution in [0.3, 0.4) is 0 Å². The van der Waals surface area contributed by atoms with Crippen LogP contribution in [-0.2, 0) is 50.3 Å². The molecule has 0 saturated carbocycles. The molecule has 4 heterocycles. The molecule has 1 N–H and O–H groups in total. The number of carbonyl (C=O) groups excluding carboxylic acids is 1. The van der Waals surface area contributed by atoms with E-state index >= 15 is 0 Å². The summed E-state index contributed by atoms with van der Waals surface area (Å²) < 4.78 is 75.6. The van der Waals surface area contributed by atoms with Gasteiger partial charge in [0.05, 0.1) is 54.9 Å². The van der Waals surface area contributed by atoms with Gasteiger partial charge in [-0.2, -0.15) is 0 Å². The van der Waals surface area contributed by atoms with Gasteiger partial charge >= 0.3 is 0 Å². The van der Waals surface area contributed by atoms with Gasteiger partial charge < -0.3 is 50.6 Å². The fraction of sp³-hybridized carbons (Fsp3) is 0.756. The maximum absolute atomic E-state index is 13.0. The summed E-state index contributed by atoms with van der Waals surface area (Å²) in [7, 11) is -15.3. The number of carbonyl (C=O) groups is 1. The Bertz CT molecular complexity index is 2880. The molecule has 0 aliphatic carbocycles. The monoisotopic (exact) mass is 1430 g/mol. The molecular formula is C78H138O12Si6. The van der Waals surface area contributed by atoms with Crippen molar-refractivity contribution in [3.05, 3.63) is 96.6 Å². The lowest BCUT2D eigenvalue weighted by Gasteiger charge is -2.59. The fourth-order valence-electron chi connectivity index (χ4n) is 13.1. The molecule has 0 aromatic heterocycles. The normalized spacial score (nSPS) is 27.8.